The number of allylic oxidation sites excluding steroid dienone is 3. The van der Waals surface area contributed by atoms with Crippen LogP contribution in [0.2, 0.25) is 0 Å². The molecule has 0 saturated carbocycles. The smallest absolute Gasteiger partial charge is 0.330 e. The van der Waals surface area contributed by atoms with E-state index in [0.717, 1.165) is 19.3 Å². The van der Waals surface area contributed by atoms with E-state index >= 15 is 0 Å². The third-order valence-corrected chi connectivity index (χ3v) is 1.46. The third kappa shape index (κ3) is 8.61. The summed E-state index contributed by atoms with van der Waals surface area (Å²) in [6, 6.07) is 0. The lowest BCUT2D eigenvalue weighted by Crippen LogP contribution is -1.98. The molecule has 0 bridgehead atoms. The predicted octanol–water partition coefficient (Wildman–Crippen LogP) is 2.47. The summed E-state index contributed by atoms with van der Waals surface area (Å²) in [5.74, 6) is 2.26. The van der Waals surface area contributed by atoms with Gasteiger partial charge in [-0.1, -0.05) is 18.2 Å². The summed E-state index contributed by atoms with van der Waals surface area (Å²) in [5, 5.41) is 0. The van der Waals surface area contributed by atoms with Crippen LogP contribution in [0.1, 0.15) is 26.2 Å². The lowest BCUT2D eigenvalue weighted by atomic mass is 10.2. The monoisotopic (exact) mass is 192 g/mol. The third-order valence-electron chi connectivity index (χ3n) is 1.46. The van der Waals surface area contributed by atoms with Crippen LogP contribution >= 0.6 is 0 Å². The minimum Gasteiger partial charge on any atom is -0.463 e. The molecular formula is C12H16O2. The minimum atomic E-state index is -0.305. The van der Waals surface area contributed by atoms with Crippen LogP contribution in [0, 0.1) is 12.3 Å². The number of terminal acetylenes is 1. The summed E-state index contributed by atoms with van der Waals surface area (Å²) in [6.45, 7) is 2.19. The largest absolute Gasteiger partial charge is 0.463 e. The highest BCUT2D eigenvalue weighted by molar-refractivity contribution is 5.82. The summed E-state index contributed by atoms with van der Waals surface area (Å²) in [4.78, 5) is 10.8. The van der Waals surface area contributed by atoms with E-state index in [1.807, 2.05) is 12.2 Å². The van der Waals surface area contributed by atoms with Gasteiger partial charge in [0.15, 0.2) is 0 Å². The Morgan fingerprint density at radius 3 is 2.93 bits per heavy atom. The average molecular weight is 192 g/mol. The molecule has 0 amide bonds. The molecule has 2 heteroatoms. The summed E-state index contributed by atoms with van der Waals surface area (Å²) in [6.07, 6.45) is 14.7. The van der Waals surface area contributed by atoms with E-state index in [1.165, 1.54) is 6.08 Å². The van der Waals surface area contributed by atoms with E-state index in [1.54, 1.807) is 13.0 Å². The number of hydrogen-bond donors (Lipinski definition) is 0. The van der Waals surface area contributed by atoms with Crippen LogP contribution < -0.4 is 0 Å². The molecule has 76 valence electrons. The normalized spacial score (nSPS) is 10.6. The molecule has 0 N–H and O–H groups in total. The van der Waals surface area contributed by atoms with E-state index < -0.39 is 0 Å². The Morgan fingerprint density at radius 1 is 1.50 bits per heavy atom. The van der Waals surface area contributed by atoms with Gasteiger partial charge in [-0.3, -0.25) is 0 Å². The first-order valence-electron chi connectivity index (χ1n) is 4.74. The van der Waals surface area contributed by atoms with Gasteiger partial charge in [-0.05, 0) is 19.8 Å². The second-order valence-corrected chi connectivity index (χ2v) is 2.64. The zero-order valence-electron chi connectivity index (χ0n) is 8.53. The lowest BCUT2D eigenvalue weighted by molar-refractivity contribution is -0.137. The predicted molar refractivity (Wildman–Crippen MR) is 57.6 cm³/mol. The molecule has 0 unspecified atom stereocenters. The van der Waals surface area contributed by atoms with Gasteiger partial charge in [0.1, 0.15) is 0 Å². The van der Waals surface area contributed by atoms with Crippen LogP contribution in [-0.2, 0) is 9.53 Å². The van der Waals surface area contributed by atoms with Crippen LogP contribution in [-0.4, -0.2) is 12.6 Å². The molecular weight excluding hydrogens is 176 g/mol. The summed E-state index contributed by atoms with van der Waals surface area (Å²) in [5.41, 5.74) is 0. The van der Waals surface area contributed by atoms with Crippen molar-refractivity contribution in [2.45, 2.75) is 26.2 Å². The van der Waals surface area contributed by atoms with E-state index in [2.05, 4.69) is 5.92 Å². The number of unbranched alkanes of at least 4 members (excludes halogenated alkanes) is 2. The van der Waals surface area contributed by atoms with Crippen LogP contribution in [0.25, 0.3) is 0 Å². The molecule has 0 atom stereocenters. The minimum absolute atomic E-state index is 0.305. The maximum Gasteiger partial charge on any atom is 0.330 e. The molecule has 0 aliphatic rings. The Balaban J connectivity index is 3.51. The maximum absolute atomic E-state index is 10.8. The highest BCUT2D eigenvalue weighted by atomic mass is 16.5. The molecule has 0 radical (unpaired) electrons. The SMILES string of the molecule is C#CCCCC=CC=CC(=O)OCC. The van der Waals surface area contributed by atoms with Gasteiger partial charge in [-0.2, -0.15) is 0 Å². The van der Waals surface area contributed by atoms with Crippen LogP contribution in [0.4, 0.5) is 0 Å². The van der Waals surface area contributed by atoms with E-state index in [9.17, 15) is 4.79 Å². The van der Waals surface area contributed by atoms with Gasteiger partial charge in [0.25, 0.3) is 0 Å². The highest BCUT2D eigenvalue weighted by Gasteiger charge is 1.89. The van der Waals surface area contributed by atoms with Crippen LogP contribution in [0.5, 0.6) is 0 Å². The molecule has 0 spiro atoms. The van der Waals surface area contributed by atoms with Gasteiger partial charge >= 0.3 is 5.97 Å². The van der Waals surface area contributed by atoms with Crippen molar-refractivity contribution in [1.82, 2.24) is 0 Å². The van der Waals surface area contributed by atoms with Crippen molar-refractivity contribution in [3.8, 4) is 12.3 Å². The fourth-order valence-corrected chi connectivity index (χ4v) is 0.821. The summed E-state index contributed by atoms with van der Waals surface area (Å²) in [7, 11) is 0. The van der Waals surface area contributed by atoms with Gasteiger partial charge in [0.2, 0.25) is 0 Å². The van der Waals surface area contributed by atoms with Crippen molar-refractivity contribution in [3.05, 3.63) is 24.3 Å². The second kappa shape index (κ2) is 9.60. The molecule has 0 aliphatic carbocycles. The van der Waals surface area contributed by atoms with Crippen molar-refractivity contribution >= 4 is 5.97 Å². The van der Waals surface area contributed by atoms with Gasteiger partial charge in [0, 0.05) is 12.5 Å². The van der Waals surface area contributed by atoms with E-state index in [-0.39, 0.29) is 5.97 Å². The summed E-state index contributed by atoms with van der Waals surface area (Å²) < 4.78 is 4.70. The Hall–Kier alpha value is -1.49. The van der Waals surface area contributed by atoms with E-state index in [0.29, 0.717) is 6.61 Å². The van der Waals surface area contributed by atoms with Gasteiger partial charge < -0.3 is 4.74 Å². The zero-order valence-corrected chi connectivity index (χ0v) is 8.53. The first kappa shape index (κ1) is 12.5. The Bertz CT molecular complexity index is 244. The Morgan fingerprint density at radius 2 is 2.29 bits per heavy atom. The number of carbonyl (C=O) groups is 1. The van der Waals surface area contributed by atoms with Crippen molar-refractivity contribution < 1.29 is 9.53 Å². The molecule has 0 aliphatic heterocycles. The standard InChI is InChI=1S/C12H16O2/c1-3-5-6-7-8-9-10-11-12(13)14-4-2/h1,8-11H,4-7H2,2H3. The highest BCUT2D eigenvalue weighted by Crippen LogP contribution is 1.95. The molecule has 0 fully saturated rings. The first-order valence-corrected chi connectivity index (χ1v) is 4.74. The van der Waals surface area contributed by atoms with E-state index in [4.69, 9.17) is 11.2 Å². The lowest BCUT2D eigenvalue weighted by Gasteiger charge is -1.92. The molecule has 0 saturated heterocycles. The number of rotatable bonds is 6. The maximum atomic E-state index is 10.8. The van der Waals surface area contributed by atoms with Gasteiger partial charge in [-0.15, -0.1) is 12.3 Å². The van der Waals surface area contributed by atoms with Crippen molar-refractivity contribution in [3.63, 3.8) is 0 Å². The zero-order chi connectivity index (χ0) is 10.6. The van der Waals surface area contributed by atoms with Crippen molar-refractivity contribution in [2.24, 2.45) is 0 Å². The Kier molecular flexibility index (Phi) is 8.58. The second-order valence-electron chi connectivity index (χ2n) is 2.64. The number of esters is 1. The quantitative estimate of drug-likeness (QED) is 0.212. The molecule has 0 rings (SSSR count). The van der Waals surface area contributed by atoms with Gasteiger partial charge in [-0.25, -0.2) is 4.79 Å². The first-order chi connectivity index (χ1) is 6.81. The molecule has 2 nitrogen and oxygen atoms in total. The van der Waals surface area contributed by atoms with Crippen molar-refractivity contribution in [1.29, 1.82) is 0 Å². The number of ether oxygens (including phenoxy) is 1. The molecule has 0 heterocycles. The number of hydrogen-bond acceptors (Lipinski definition) is 2. The fraction of sp³-hybridized carbons (Fsp3) is 0.417. The van der Waals surface area contributed by atoms with Crippen molar-refractivity contribution in [2.75, 3.05) is 6.61 Å². The molecule has 14 heavy (non-hydrogen) atoms. The van der Waals surface area contributed by atoms with Gasteiger partial charge in [0.05, 0.1) is 6.61 Å². The van der Waals surface area contributed by atoms with Crippen LogP contribution in [0.15, 0.2) is 24.3 Å². The number of carbonyl (C=O) groups excluding carboxylic acids is 1. The van der Waals surface area contributed by atoms with Crippen LogP contribution in [0.3, 0.4) is 0 Å². The fourth-order valence-electron chi connectivity index (χ4n) is 0.821. The summed E-state index contributed by atoms with van der Waals surface area (Å²) >= 11 is 0. The molecule has 0 aromatic rings. The molecule has 0 aromatic heterocycles. The Labute approximate surface area is 85.6 Å². The molecule has 0 aromatic carbocycles. The average Bonchev–Trinajstić information content (AvgIpc) is 2.17. The topological polar surface area (TPSA) is 26.3 Å².